The third kappa shape index (κ3) is 3.11. The molecule has 4 rings (SSSR count). The fourth-order valence-electron chi connectivity index (χ4n) is 4.03. The first-order valence-corrected chi connectivity index (χ1v) is 9.39. The SMILES string of the molecule is CC(C)c1cc(N2CCC(CN3CCCC3)CC2)c2nncn2n1. The zero-order chi connectivity index (χ0) is 16.5. The van der Waals surface area contributed by atoms with Crippen LogP contribution in [0.15, 0.2) is 12.4 Å². The van der Waals surface area contributed by atoms with Gasteiger partial charge in [0.15, 0.2) is 0 Å². The number of rotatable bonds is 4. The average molecular weight is 328 g/mol. The van der Waals surface area contributed by atoms with Crippen LogP contribution in [0.4, 0.5) is 5.69 Å². The molecule has 2 saturated heterocycles. The molecule has 0 aliphatic carbocycles. The van der Waals surface area contributed by atoms with Crippen LogP contribution in [0, 0.1) is 5.92 Å². The standard InChI is InChI=1S/C18H28N6/c1-14(2)16-11-17(18-20-19-13-24(18)21-16)23-9-5-15(6-10-23)12-22-7-3-4-8-22/h11,13-15H,3-10,12H2,1-2H3. The van der Waals surface area contributed by atoms with Crippen LogP contribution in [0.5, 0.6) is 0 Å². The van der Waals surface area contributed by atoms with E-state index >= 15 is 0 Å². The summed E-state index contributed by atoms with van der Waals surface area (Å²) in [6, 6.07) is 2.22. The minimum atomic E-state index is 0.406. The summed E-state index contributed by atoms with van der Waals surface area (Å²) in [7, 11) is 0. The predicted molar refractivity (Wildman–Crippen MR) is 95.5 cm³/mol. The molecule has 0 unspecified atom stereocenters. The van der Waals surface area contributed by atoms with Crippen LogP contribution in [0.2, 0.25) is 0 Å². The number of anilines is 1. The molecule has 0 atom stereocenters. The normalized spacial score (nSPS) is 20.5. The molecule has 4 heterocycles. The summed E-state index contributed by atoms with van der Waals surface area (Å²) < 4.78 is 1.83. The second kappa shape index (κ2) is 6.67. The minimum Gasteiger partial charge on any atom is -0.368 e. The van der Waals surface area contributed by atoms with Gasteiger partial charge in [0, 0.05) is 19.6 Å². The number of nitrogens with zero attached hydrogens (tertiary/aromatic N) is 6. The van der Waals surface area contributed by atoms with Gasteiger partial charge in [-0.25, -0.2) is 0 Å². The molecule has 0 amide bonds. The highest BCUT2D eigenvalue weighted by Gasteiger charge is 2.25. The zero-order valence-electron chi connectivity index (χ0n) is 14.9. The van der Waals surface area contributed by atoms with Gasteiger partial charge in [-0.15, -0.1) is 10.2 Å². The van der Waals surface area contributed by atoms with Gasteiger partial charge >= 0.3 is 0 Å². The first-order valence-electron chi connectivity index (χ1n) is 9.39. The van der Waals surface area contributed by atoms with Crippen LogP contribution >= 0.6 is 0 Å². The van der Waals surface area contributed by atoms with Gasteiger partial charge in [-0.1, -0.05) is 13.8 Å². The van der Waals surface area contributed by atoms with E-state index in [2.05, 4.69) is 45.0 Å². The molecule has 2 aromatic rings. The molecule has 2 fully saturated rings. The van der Waals surface area contributed by atoms with Gasteiger partial charge in [-0.3, -0.25) is 0 Å². The monoisotopic (exact) mass is 328 g/mol. The lowest BCUT2D eigenvalue weighted by molar-refractivity contribution is 0.249. The van der Waals surface area contributed by atoms with Gasteiger partial charge in [0.1, 0.15) is 6.33 Å². The van der Waals surface area contributed by atoms with Crippen molar-refractivity contribution in [3.63, 3.8) is 0 Å². The lowest BCUT2D eigenvalue weighted by atomic mass is 9.96. The van der Waals surface area contributed by atoms with E-state index in [1.54, 1.807) is 6.33 Å². The second-order valence-corrected chi connectivity index (χ2v) is 7.65. The van der Waals surface area contributed by atoms with Gasteiger partial charge in [0.05, 0.1) is 11.4 Å². The van der Waals surface area contributed by atoms with Crippen LogP contribution in [0.1, 0.15) is 51.1 Å². The maximum absolute atomic E-state index is 4.63. The molecule has 0 bridgehead atoms. The van der Waals surface area contributed by atoms with Gasteiger partial charge in [-0.05, 0) is 56.7 Å². The van der Waals surface area contributed by atoms with Crippen molar-refractivity contribution in [3.8, 4) is 0 Å². The van der Waals surface area contributed by atoms with Crippen LogP contribution in [-0.4, -0.2) is 57.4 Å². The molecule has 0 aromatic carbocycles. The van der Waals surface area contributed by atoms with Gasteiger partial charge < -0.3 is 9.80 Å². The number of hydrogen-bond acceptors (Lipinski definition) is 5. The Bertz CT molecular complexity index is 680. The highest BCUT2D eigenvalue weighted by Crippen LogP contribution is 2.29. The molecule has 6 heteroatoms. The molecule has 2 aliphatic heterocycles. The van der Waals surface area contributed by atoms with E-state index in [9.17, 15) is 0 Å². The van der Waals surface area contributed by atoms with E-state index in [4.69, 9.17) is 0 Å². The fraction of sp³-hybridized carbons (Fsp3) is 0.722. The molecule has 6 nitrogen and oxygen atoms in total. The maximum Gasteiger partial charge on any atom is 0.200 e. The number of likely N-dealkylation sites (tertiary alicyclic amines) is 1. The Hall–Kier alpha value is -1.69. The third-order valence-electron chi connectivity index (χ3n) is 5.53. The molecule has 24 heavy (non-hydrogen) atoms. The lowest BCUT2D eigenvalue weighted by Gasteiger charge is -2.35. The van der Waals surface area contributed by atoms with Gasteiger partial charge in [0.25, 0.3) is 0 Å². The first kappa shape index (κ1) is 15.8. The number of aromatic nitrogens is 4. The summed E-state index contributed by atoms with van der Waals surface area (Å²) in [5, 5.41) is 13.0. The van der Waals surface area contributed by atoms with E-state index < -0.39 is 0 Å². The Morgan fingerprint density at radius 1 is 1.12 bits per heavy atom. The topological polar surface area (TPSA) is 49.6 Å². The molecule has 0 N–H and O–H groups in total. The Kier molecular flexibility index (Phi) is 4.39. The van der Waals surface area contributed by atoms with Crippen molar-refractivity contribution >= 4 is 11.3 Å². The summed E-state index contributed by atoms with van der Waals surface area (Å²) in [5.74, 6) is 1.25. The molecular formula is C18H28N6. The van der Waals surface area contributed by atoms with Crippen LogP contribution < -0.4 is 4.90 Å². The van der Waals surface area contributed by atoms with Gasteiger partial charge in [-0.2, -0.15) is 9.61 Å². The average Bonchev–Trinajstić information content (AvgIpc) is 3.25. The Morgan fingerprint density at radius 3 is 2.58 bits per heavy atom. The fourth-order valence-corrected chi connectivity index (χ4v) is 4.03. The Balaban J connectivity index is 1.48. The number of fused-ring (bicyclic) bond motifs is 1. The Morgan fingerprint density at radius 2 is 1.88 bits per heavy atom. The van der Waals surface area contributed by atoms with E-state index in [-0.39, 0.29) is 0 Å². The van der Waals surface area contributed by atoms with E-state index in [1.807, 2.05) is 4.52 Å². The zero-order valence-corrected chi connectivity index (χ0v) is 14.9. The number of hydrogen-bond donors (Lipinski definition) is 0. The summed E-state index contributed by atoms with van der Waals surface area (Å²) in [5.41, 5.74) is 3.19. The van der Waals surface area contributed by atoms with Crippen LogP contribution in [0.25, 0.3) is 5.65 Å². The highest BCUT2D eigenvalue weighted by atomic mass is 15.4. The summed E-state index contributed by atoms with van der Waals surface area (Å²) in [6.07, 6.45) is 7.04. The van der Waals surface area contributed by atoms with Crippen molar-refractivity contribution < 1.29 is 0 Å². The Labute approximate surface area is 143 Å². The van der Waals surface area contributed by atoms with Crippen molar-refractivity contribution in [3.05, 3.63) is 18.1 Å². The smallest absolute Gasteiger partial charge is 0.200 e. The molecule has 130 valence electrons. The third-order valence-corrected chi connectivity index (χ3v) is 5.53. The number of piperidine rings is 1. The largest absolute Gasteiger partial charge is 0.368 e. The molecule has 2 aliphatic rings. The van der Waals surface area contributed by atoms with E-state index in [0.29, 0.717) is 5.92 Å². The van der Waals surface area contributed by atoms with E-state index in [1.165, 1.54) is 51.0 Å². The van der Waals surface area contributed by atoms with Crippen molar-refractivity contribution in [1.82, 2.24) is 24.7 Å². The molecule has 0 spiro atoms. The summed E-state index contributed by atoms with van der Waals surface area (Å²) >= 11 is 0. The molecule has 0 saturated carbocycles. The molecule has 0 radical (unpaired) electrons. The summed E-state index contributed by atoms with van der Waals surface area (Å²) in [6.45, 7) is 10.5. The van der Waals surface area contributed by atoms with Gasteiger partial charge in [0.2, 0.25) is 5.65 Å². The lowest BCUT2D eigenvalue weighted by Crippen LogP contribution is -2.38. The quantitative estimate of drug-likeness (QED) is 0.863. The van der Waals surface area contributed by atoms with Crippen LogP contribution in [-0.2, 0) is 0 Å². The minimum absolute atomic E-state index is 0.406. The first-order chi connectivity index (χ1) is 11.7. The van der Waals surface area contributed by atoms with Crippen molar-refractivity contribution in [2.24, 2.45) is 5.92 Å². The van der Waals surface area contributed by atoms with Crippen molar-refractivity contribution in [2.45, 2.75) is 45.4 Å². The molecular weight excluding hydrogens is 300 g/mol. The second-order valence-electron chi connectivity index (χ2n) is 7.65. The highest BCUT2D eigenvalue weighted by molar-refractivity contribution is 5.68. The maximum atomic E-state index is 4.63. The van der Waals surface area contributed by atoms with Crippen LogP contribution in [0.3, 0.4) is 0 Å². The molecule has 2 aromatic heterocycles. The van der Waals surface area contributed by atoms with Crippen molar-refractivity contribution in [2.75, 3.05) is 37.6 Å². The summed E-state index contributed by atoms with van der Waals surface area (Å²) in [4.78, 5) is 5.14. The van der Waals surface area contributed by atoms with E-state index in [0.717, 1.165) is 30.3 Å². The predicted octanol–water partition coefficient (Wildman–Crippen LogP) is 2.56. The van der Waals surface area contributed by atoms with Crippen molar-refractivity contribution in [1.29, 1.82) is 0 Å².